The molecule has 1 amide bonds. The van der Waals surface area contributed by atoms with Gasteiger partial charge in [0.25, 0.3) is 5.91 Å². The van der Waals surface area contributed by atoms with E-state index < -0.39 is 11.9 Å². The number of hydrogen-bond donors (Lipinski definition) is 2. The minimum absolute atomic E-state index is 0.0192. The summed E-state index contributed by atoms with van der Waals surface area (Å²) in [6, 6.07) is 2.61. The minimum atomic E-state index is -1.18. The largest absolute Gasteiger partial charge is 0.475 e. The molecule has 0 aromatic carbocycles. The number of aromatic carboxylic acids is 1. The second-order valence-electron chi connectivity index (χ2n) is 3.23. The summed E-state index contributed by atoms with van der Waals surface area (Å²) >= 11 is 1.63. The van der Waals surface area contributed by atoms with Crippen LogP contribution in [0.25, 0.3) is 0 Å². The van der Waals surface area contributed by atoms with Crippen molar-refractivity contribution in [3.05, 3.63) is 23.7 Å². The fourth-order valence-corrected chi connectivity index (χ4v) is 1.23. The van der Waals surface area contributed by atoms with Crippen molar-refractivity contribution in [3.8, 4) is 0 Å². The molecule has 1 unspecified atom stereocenters. The Morgan fingerprint density at radius 2 is 2.12 bits per heavy atom. The second kappa shape index (κ2) is 5.60. The van der Waals surface area contributed by atoms with Crippen LogP contribution in [0.4, 0.5) is 0 Å². The van der Waals surface area contributed by atoms with Crippen LogP contribution in [0.2, 0.25) is 0 Å². The van der Waals surface area contributed by atoms with E-state index in [0.717, 1.165) is 0 Å². The molecule has 2 N–H and O–H groups in total. The van der Waals surface area contributed by atoms with Gasteiger partial charge >= 0.3 is 5.97 Å². The number of amides is 1. The van der Waals surface area contributed by atoms with Gasteiger partial charge in [0.15, 0.2) is 5.76 Å². The SMILES string of the molecule is CSC(C)CNC(=O)c1ccc(C(=O)O)o1. The highest BCUT2D eigenvalue weighted by Crippen LogP contribution is 2.08. The van der Waals surface area contributed by atoms with E-state index in [9.17, 15) is 9.59 Å². The van der Waals surface area contributed by atoms with Gasteiger partial charge in [0.05, 0.1) is 0 Å². The molecule has 1 heterocycles. The first-order valence-corrected chi connectivity index (χ1v) is 5.97. The van der Waals surface area contributed by atoms with Crippen molar-refractivity contribution in [2.75, 3.05) is 12.8 Å². The molecule has 5 nitrogen and oxygen atoms in total. The number of carbonyl (C=O) groups is 2. The fraction of sp³-hybridized carbons (Fsp3) is 0.400. The van der Waals surface area contributed by atoms with Crippen molar-refractivity contribution in [1.82, 2.24) is 5.32 Å². The van der Waals surface area contributed by atoms with Gasteiger partial charge in [-0.1, -0.05) is 6.92 Å². The number of hydrogen-bond acceptors (Lipinski definition) is 4. The normalized spacial score (nSPS) is 12.1. The van der Waals surface area contributed by atoms with Crippen LogP contribution in [0, 0.1) is 0 Å². The Hall–Kier alpha value is -1.43. The predicted molar refractivity (Wildman–Crippen MR) is 61.0 cm³/mol. The van der Waals surface area contributed by atoms with E-state index in [-0.39, 0.29) is 11.5 Å². The van der Waals surface area contributed by atoms with Gasteiger partial charge in [-0.3, -0.25) is 4.79 Å². The number of nitrogens with one attached hydrogen (secondary N) is 1. The van der Waals surface area contributed by atoms with Crippen molar-refractivity contribution in [2.24, 2.45) is 0 Å². The van der Waals surface area contributed by atoms with Gasteiger partial charge in [0.2, 0.25) is 5.76 Å². The summed E-state index contributed by atoms with van der Waals surface area (Å²) in [5, 5.41) is 11.6. The molecule has 0 bridgehead atoms. The van der Waals surface area contributed by atoms with Gasteiger partial charge in [0.1, 0.15) is 0 Å². The Bertz CT molecular complexity index is 388. The summed E-state index contributed by atoms with van der Waals surface area (Å²) in [5.74, 6) is -1.79. The zero-order valence-corrected chi connectivity index (χ0v) is 9.84. The summed E-state index contributed by atoms with van der Waals surface area (Å²) in [6.45, 7) is 2.50. The van der Waals surface area contributed by atoms with Crippen LogP contribution in [-0.4, -0.2) is 35.0 Å². The molecule has 1 atom stereocenters. The van der Waals surface area contributed by atoms with Gasteiger partial charge in [-0.15, -0.1) is 0 Å². The zero-order valence-electron chi connectivity index (χ0n) is 9.02. The third-order valence-corrected chi connectivity index (χ3v) is 2.96. The Morgan fingerprint density at radius 3 is 2.62 bits per heavy atom. The van der Waals surface area contributed by atoms with Crippen molar-refractivity contribution < 1.29 is 19.1 Å². The quantitative estimate of drug-likeness (QED) is 0.818. The maximum Gasteiger partial charge on any atom is 0.371 e. The molecule has 6 heteroatoms. The summed E-state index contributed by atoms with van der Waals surface area (Å²) < 4.78 is 4.85. The van der Waals surface area contributed by atoms with Gasteiger partial charge in [-0.25, -0.2) is 4.79 Å². The minimum Gasteiger partial charge on any atom is -0.475 e. The van der Waals surface area contributed by atoms with Crippen molar-refractivity contribution in [1.29, 1.82) is 0 Å². The summed E-state index contributed by atoms with van der Waals surface area (Å²) in [5.41, 5.74) is 0. The molecule has 0 saturated carbocycles. The van der Waals surface area contributed by atoms with Crippen LogP contribution in [0.1, 0.15) is 28.0 Å². The first-order chi connectivity index (χ1) is 7.54. The maximum absolute atomic E-state index is 11.5. The summed E-state index contributed by atoms with van der Waals surface area (Å²) in [6.07, 6.45) is 1.95. The van der Waals surface area contributed by atoms with Gasteiger partial charge in [-0.05, 0) is 18.4 Å². The van der Waals surface area contributed by atoms with E-state index in [4.69, 9.17) is 9.52 Å². The van der Waals surface area contributed by atoms with E-state index >= 15 is 0 Å². The predicted octanol–water partition coefficient (Wildman–Crippen LogP) is 1.46. The highest BCUT2D eigenvalue weighted by Gasteiger charge is 2.14. The lowest BCUT2D eigenvalue weighted by molar-refractivity contribution is 0.0659. The number of carbonyl (C=O) groups excluding carboxylic acids is 1. The van der Waals surface area contributed by atoms with E-state index in [1.165, 1.54) is 12.1 Å². The molecule has 0 saturated heterocycles. The molecule has 88 valence electrons. The van der Waals surface area contributed by atoms with E-state index in [1.807, 2.05) is 13.2 Å². The van der Waals surface area contributed by atoms with Gasteiger partial charge in [0, 0.05) is 11.8 Å². The van der Waals surface area contributed by atoms with Gasteiger partial charge in [-0.2, -0.15) is 11.8 Å². The maximum atomic E-state index is 11.5. The van der Waals surface area contributed by atoms with Crippen molar-refractivity contribution in [3.63, 3.8) is 0 Å². The highest BCUT2D eigenvalue weighted by atomic mass is 32.2. The van der Waals surface area contributed by atoms with Crippen molar-refractivity contribution in [2.45, 2.75) is 12.2 Å². The van der Waals surface area contributed by atoms with Crippen LogP contribution in [-0.2, 0) is 0 Å². The molecular weight excluding hydrogens is 230 g/mol. The molecule has 16 heavy (non-hydrogen) atoms. The summed E-state index contributed by atoms with van der Waals surface area (Å²) in [7, 11) is 0. The van der Waals surface area contributed by atoms with Crippen LogP contribution in [0.15, 0.2) is 16.5 Å². The molecular formula is C10H13NO4S. The first-order valence-electron chi connectivity index (χ1n) is 4.68. The zero-order chi connectivity index (χ0) is 12.1. The topological polar surface area (TPSA) is 79.5 Å². The lowest BCUT2D eigenvalue weighted by Gasteiger charge is -2.08. The average Bonchev–Trinajstić information content (AvgIpc) is 2.74. The van der Waals surface area contributed by atoms with E-state index in [1.54, 1.807) is 11.8 Å². The molecule has 0 aliphatic carbocycles. The fourth-order valence-electron chi connectivity index (χ4n) is 0.982. The third kappa shape index (κ3) is 3.30. The number of thioether (sulfide) groups is 1. The molecule has 0 spiro atoms. The molecule has 0 fully saturated rings. The molecule has 0 aliphatic rings. The Balaban J connectivity index is 2.56. The van der Waals surface area contributed by atoms with Crippen LogP contribution >= 0.6 is 11.8 Å². The molecule has 1 aromatic rings. The summed E-state index contributed by atoms with van der Waals surface area (Å²) in [4.78, 5) is 22.0. The van der Waals surface area contributed by atoms with Crippen LogP contribution < -0.4 is 5.32 Å². The van der Waals surface area contributed by atoms with E-state index in [2.05, 4.69) is 5.32 Å². The number of carboxylic acid groups (broad SMARTS) is 1. The number of furan rings is 1. The highest BCUT2D eigenvalue weighted by molar-refractivity contribution is 7.99. The molecule has 1 aromatic heterocycles. The first kappa shape index (κ1) is 12.6. The second-order valence-corrected chi connectivity index (χ2v) is 4.50. The molecule has 0 aliphatic heterocycles. The Labute approximate surface area is 97.2 Å². The Morgan fingerprint density at radius 1 is 1.50 bits per heavy atom. The van der Waals surface area contributed by atoms with Crippen LogP contribution in [0.5, 0.6) is 0 Å². The van der Waals surface area contributed by atoms with Gasteiger partial charge < -0.3 is 14.8 Å². The standard InChI is InChI=1S/C10H13NO4S/c1-6(16-2)5-11-9(12)7-3-4-8(15-7)10(13)14/h3-4,6H,5H2,1-2H3,(H,11,12)(H,13,14). The number of rotatable bonds is 5. The smallest absolute Gasteiger partial charge is 0.371 e. The monoisotopic (exact) mass is 243 g/mol. The third-order valence-electron chi connectivity index (χ3n) is 1.99. The Kier molecular flexibility index (Phi) is 4.42. The lowest BCUT2D eigenvalue weighted by Crippen LogP contribution is -2.28. The average molecular weight is 243 g/mol. The number of carboxylic acids is 1. The lowest BCUT2D eigenvalue weighted by atomic mass is 10.4. The molecule has 1 rings (SSSR count). The molecule has 0 radical (unpaired) electrons. The van der Waals surface area contributed by atoms with Crippen LogP contribution in [0.3, 0.4) is 0 Å². The van der Waals surface area contributed by atoms with E-state index in [0.29, 0.717) is 11.8 Å². The van der Waals surface area contributed by atoms with Crippen molar-refractivity contribution >= 4 is 23.6 Å².